The molecule has 0 radical (unpaired) electrons. The number of anilines is 1. The maximum Gasteiger partial charge on any atom is 0.321 e. The van der Waals surface area contributed by atoms with Crippen molar-refractivity contribution in [2.45, 2.75) is 17.7 Å². The fourth-order valence-electron chi connectivity index (χ4n) is 2.24. The van der Waals surface area contributed by atoms with Gasteiger partial charge in [-0.05, 0) is 18.6 Å². The first kappa shape index (κ1) is 17.8. The van der Waals surface area contributed by atoms with Crippen molar-refractivity contribution < 1.29 is 23.5 Å². The summed E-state index contributed by atoms with van der Waals surface area (Å²) in [6, 6.07) is 4.27. The molecule has 1 aliphatic heterocycles. The molecule has 1 aromatic rings. The van der Waals surface area contributed by atoms with E-state index in [0.717, 1.165) is 11.8 Å². The number of hydrogen-bond acceptors (Lipinski definition) is 3. The zero-order valence-corrected chi connectivity index (χ0v) is 13.5. The van der Waals surface area contributed by atoms with Gasteiger partial charge in [0.05, 0.1) is 22.4 Å². The van der Waals surface area contributed by atoms with Gasteiger partial charge in [-0.2, -0.15) is 0 Å². The Morgan fingerprint density at radius 1 is 1.48 bits per heavy atom. The molecule has 2 rings (SSSR count). The molecule has 1 aliphatic rings. The molecule has 1 atom stereocenters. The van der Waals surface area contributed by atoms with Gasteiger partial charge in [-0.25, -0.2) is 13.6 Å². The number of likely N-dealkylation sites (tertiary alicyclic amines) is 1. The van der Waals surface area contributed by atoms with Crippen molar-refractivity contribution in [2.75, 3.05) is 24.2 Å². The minimum Gasteiger partial charge on any atom is -0.481 e. The molecule has 1 heterocycles. The summed E-state index contributed by atoms with van der Waals surface area (Å²) in [4.78, 5) is 24.9. The molecule has 2 amide bonds. The van der Waals surface area contributed by atoms with Gasteiger partial charge < -0.3 is 15.3 Å². The van der Waals surface area contributed by atoms with Crippen LogP contribution in [-0.4, -0.2) is 47.3 Å². The average Bonchev–Trinajstić information content (AvgIpc) is 2.96. The lowest BCUT2D eigenvalue weighted by atomic mass is 10.1. The number of alkyl halides is 2. The summed E-state index contributed by atoms with van der Waals surface area (Å²) in [5.41, 5.74) is 0.340. The maximum atomic E-state index is 12.4. The van der Waals surface area contributed by atoms with Crippen LogP contribution in [-0.2, 0) is 4.79 Å². The van der Waals surface area contributed by atoms with Gasteiger partial charge in [0.2, 0.25) is 6.43 Å². The highest BCUT2D eigenvalue weighted by Gasteiger charge is 2.31. The maximum absolute atomic E-state index is 12.4. The van der Waals surface area contributed by atoms with Crippen LogP contribution in [0.4, 0.5) is 19.3 Å². The molecular weight excluding hydrogens is 350 g/mol. The van der Waals surface area contributed by atoms with Gasteiger partial charge in [0.1, 0.15) is 0 Å². The Labute approximate surface area is 141 Å². The van der Waals surface area contributed by atoms with Gasteiger partial charge in [0.25, 0.3) is 0 Å². The summed E-state index contributed by atoms with van der Waals surface area (Å²) in [7, 11) is 0. The molecule has 0 spiro atoms. The lowest BCUT2D eigenvalue weighted by Gasteiger charge is -2.18. The Hall–Kier alpha value is -1.54. The van der Waals surface area contributed by atoms with Gasteiger partial charge in [0, 0.05) is 18.0 Å². The molecule has 1 fully saturated rings. The smallest absolute Gasteiger partial charge is 0.321 e. The third-order valence-electron chi connectivity index (χ3n) is 3.39. The topological polar surface area (TPSA) is 69.6 Å². The van der Waals surface area contributed by atoms with Gasteiger partial charge in [0.15, 0.2) is 0 Å². The van der Waals surface area contributed by atoms with Gasteiger partial charge in [-0.1, -0.05) is 17.7 Å². The van der Waals surface area contributed by atoms with E-state index < -0.39 is 30.1 Å². The molecule has 0 aliphatic carbocycles. The zero-order valence-electron chi connectivity index (χ0n) is 12.0. The Morgan fingerprint density at radius 2 is 2.22 bits per heavy atom. The van der Waals surface area contributed by atoms with E-state index in [2.05, 4.69) is 5.32 Å². The quantitative estimate of drug-likeness (QED) is 0.783. The second-order valence-corrected chi connectivity index (χ2v) is 6.46. The molecule has 9 heteroatoms. The molecule has 2 N–H and O–H groups in total. The Bertz CT molecular complexity index is 603. The molecular formula is C14H15ClF2N2O3S. The standard InChI is InChI=1S/C14H15ClF2N2O3S/c15-9-2-1-3-10(12(9)23-7-11(16)17)18-14(22)19-5-4-8(6-19)13(20)21/h1-3,8,11H,4-7H2,(H,18,22)(H,20,21). The number of carbonyl (C=O) groups excluding carboxylic acids is 1. The monoisotopic (exact) mass is 364 g/mol. The molecule has 23 heavy (non-hydrogen) atoms. The first-order valence-corrected chi connectivity index (χ1v) is 8.23. The number of amides is 2. The van der Waals surface area contributed by atoms with E-state index in [1.54, 1.807) is 18.2 Å². The number of nitrogens with one attached hydrogen (secondary N) is 1. The normalized spacial score (nSPS) is 17.6. The number of halogens is 3. The second-order valence-electron chi connectivity index (χ2n) is 5.02. The molecule has 1 unspecified atom stereocenters. The van der Waals surface area contributed by atoms with E-state index >= 15 is 0 Å². The predicted octanol–water partition coefficient (Wildman–Crippen LogP) is 3.64. The Balaban J connectivity index is 2.06. The minimum atomic E-state index is -2.49. The molecule has 0 aromatic heterocycles. The second kappa shape index (κ2) is 7.83. The summed E-state index contributed by atoms with van der Waals surface area (Å²) in [6.07, 6.45) is -2.10. The summed E-state index contributed by atoms with van der Waals surface area (Å²) >= 11 is 6.87. The molecule has 0 bridgehead atoms. The Morgan fingerprint density at radius 3 is 2.83 bits per heavy atom. The summed E-state index contributed by atoms with van der Waals surface area (Å²) in [5, 5.41) is 11.9. The van der Waals surface area contributed by atoms with Crippen LogP contribution in [0, 0.1) is 5.92 Å². The van der Waals surface area contributed by atoms with Gasteiger partial charge in [-0.15, -0.1) is 11.8 Å². The van der Waals surface area contributed by atoms with E-state index in [1.165, 1.54) is 4.90 Å². The molecule has 0 saturated carbocycles. The average molecular weight is 365 g/mol. The van der Waals surface area contributed by atoms with Gasteiger partial charge >= 0.3 is 12.0 Å². The van der Waals surface area contributed by atoms with Crippen LogP contribution < -0.4 is 5.32 Å². The predicted molar refractivity (Wildman–Crippen MR) is 84.5 cm³/mol. The molecule has 1 aromatic carbocycles. The van der Waals surface area contributed by atoms with Crippen LogP contribution >= 0.6 is 23.4 Å². The summed E-state index contributed by atoms with van der Waals surface area (Å²) in [6.45, 7) is 0.462. The van der Waals surface area contributed by atoms with Crippen molar-refractivity contribution >= 4 is 41.1 Å². The van der Waals surface area contributed by atoms with Crippen molar-refractivity contribution in [3.63, 3.8) is 0 Å². The third kappa shape index (κ3) is 4.71. The van der Waals surface area contributed by atoms with Crippen molar-refractivity contribution in [1.82, 2.24) is 4.90 Å². The number of carbonyl (C=O) groups is 2. The molecule has 126 valence electrons. The van der Waals surface area contributed by atoms with E-state index in [1.807, 2.05) is 0 Å². The lowest BCUT2D eigenvalue weighted by molar-refractivity contribution is -0.141. The third-order valence-corrected chi connectivity index (χ3v) is 4.96. The van der Waals surface area contributed by atoms with E-state index in [-0.39, 0.29) is 11.6 Å². The highest BCUT2D eigenvalue weighted by Crippen LogP contribution is 2.35. The van der Waals surface area contributed by atoms with E-state index in [0.29, 0.717) is 23.5 Å². The largest absolute Gasteiger partial charge is 0.481 e. The van der Waals surface area contributed by atoms with E-state index in [4.69, 9.17) is 16.7 Å². The lowest BCUT2D eigenvalue weighted by Crippen LogP contribution is -2.34. The van der Waals surface area contributed by atoms with Gasteiger partial charge in [-0.3, -0.25) is 4.79 Å². The van der Waals surface area contributed by atoms with Crippen LogP contribution in [0.3, 0.4) is 0 Å². The Kier molecular flexibility index (Phi) is 6.06. The van der Waals surface area contributed by atoms with Crippen molar-refractivity contribution in [2.24, 2.45) is 5.92 Å². The van der Waals surface area contributed by atoms with Crippen LogP contribution in [0.1, 0.15) is 6.42 Å². The van der Waals surface area contributed by atoms with Crippen LogP contribution in [0.15, 0.2) is 23.1 Å². The van der Waals surface area contributed by atoms with Crippen molar-refractivity contribution in [3.8, 4) is 0 Å². The highest BCUT2D eigenvalue weighted by molar-refractivity contribution is 7.99. The number of aliphatic carboxylic acids is 1. The molecule has 5 nitrogen and oxygen atoms in total. The number of urea groups is 1. The fraction of sp³-hybridized carbons (Fsp3) is 0.429. The number of carboxylic acids is 1. The number of benzene rings is 1. The number of carboxylic acid groups (broad SMARTS) is 1. The number of rotatable bonds is 5. The fourth-order valence-corrected chi connectivity index (χ4v) is 3.35. The van der Waals surface area contributed by atoms with Crippen molar-refractivity contribution in [1.29, 1.82) is 0 Å². The minimum absolute atomic E-state index is 0.126. The first-order valence-electron chi connectivity index (χ1n) is 6.86. The van der Waals surface area contributed by atoms with Crippen LogP contribution in [0.5, 0.6) is 0 Å². The first-order chi connectivity index (χ1) is 10.9. The zero-order chi connectivity index (χ0) is 17.0. The van der Waals surface area contributed by atoms with E-state index in [9.17, 15) is 18.4 Å². The van der Waals surface area contributed by atoms with Crippen molar-refractivity contribution in [3.05, 3.63) is 23.2 Å². The summed E-state index contributed by atoms with van der Waals surface area (Å²) in [5.74, 6) is -1.94. The number of thioether (sulfide) groups is 1. The van der Waals surface area contributed by atoms with Crippen LogP contribution in [0.25, 0.3) is 0 Å². The highest BCUT2D eigenvalue weighted by atomic mass is 35.5. The summed E-state index contributed by atoms with van der Waals surface area (Å²) < 4.78 is 24.8. The number of nitrogens with zero attached hydrogens (tertiary/aromatic N) is 1. The SMILES string of the molecule is O=C(O)C1CCN(C(=O)Nc2cccc(Cl)c2SCC(F)F)C1. The number of hydrogen-bond donors (Lipinski definition) is 2. The molecule has 1 saturated heterocycles. The van der Waals surface area contributed by atoms with Crippen LogP contribution in [0.2, 0.25) is 5.02 Å².